The molecule has 98 valence electrons. The molecule has 0 atom stereocenters. The minimum atomic E-state index is -0.458. The molecular weight excluding hydrogens is 226 g/mol. The van der Waals surface area contributed by atoms with Crippen molar-refractivity contribution in [3.8, 4) is 0 Å². The van der Waals surface area contributed by atoms with E-state index in [9.17, 15) is 4.79 Å². The maximum Gasteiger partial charge on any atom is 0.250 e. The molecular formula is C14H21N3O. The van der Waals surface area contributed by atoms with Crippen molar-refractivity contribution in [1.29, 1.82) is 0 Å². The van der Waals surface area contributed by atoms with E-state index in [1.165, 1.54) is 12.8 Å². The Bertz CT molecular complexity index is 441. The van der Waals surface area contributed by atoms with Gasteiger partial charge in [0.05, 0.1) is 16.9 Å². The van der Waals surface area contributed by atoms with Gasteiger partial charge in [0.15, 0.2) is 0 Å². The van der Waals surface area contributed by atoms with Gasteiger partial charge in [0, 0.05) is 12.6 Å². The lowest BCUT2D eigenvalue weighted by Crippen LogP contribution is -2.28. The molecule has 0 spiro atoms. The third-order valence-electron chi connectivity index (χ3n) is 3.40. The zero-order valence-corrected chi connectivity index (χ0v) is 10.9. The number of hydrogen-bond donors (Lipinski definition) is 2. The van der Waals surface area contributed by atoms with Crippen molar-refractivity contribution in [3.05, 3.63) is 23.8 Å². The Kier molecular flexibility index (Phi) is 3.75. The van der Waals surface area contributed by atoms with Crippen LogP contribution in [0.3, 0.4) is 0 Å². The average Bonchev–Trinajstić information content (AvgIpc) is 3.15. The van der Waals surface area contributed by atoms with E-state index in [1.807, 2.05) is 12.1 Å². The van der Waals surface area contributed by atoms with Crippen molar-refractivity contribution in [3.63, 3.8) is 0 Å². The Labute approximate surface area is 108 Å². The van der Waals surface area contributed by atoms with Crippen LogP contribution >= 0.6 is 0 Å². The van der Waals surface area contributed by atoms with Crippen LogP contribution in [0.4, 0.5) is 11.4 Å². The second-order valence-electron chi connectivity index (χ2n) is 4.88. The summed E-state index contributed by atoms with van der Waals surface area (Å²) < 4.78 is 0. The first kappa shape index (κ1) is 12.7. The van der Waals surface area contributed by atoms with Gasteiger partial charge < -0.3 is 16.4 Å². The van der Waals surface area contributed by atoms with Gasteiger partial charge >= 0.3 is 0 Å². The predicted molar refractivity (Wildman–Crippen MR) is 74.6 cm³/mol. The maximum absolute atomic E-state index is 11.3. The molecule has 0 bridgehead atoms. The third-order valence-corrected chi connectivity index (χ3v) is 3.40. The zero-order chi connectivity index (χ0) is 13.1. The van der Waals surface area contributed by atoms with Gasteiger partial charge in [0.1, 0.15) is 0 Å². The molecule has 1 aromatic carbocycles. The molecule has 0 aromatic heterocycles. The van der Waals surface area contributed by atoms with E-state index in [-0.39, 0.29) is 0 Å². The van der Waals surface area contributed by atoms with Crippen LogP contribution in [-0.2, 0) is 0 Å². The van der Waals surface area contributed by atoms with Crippen molar-refractivity contribution >= 4 is 17.3 Å². The van der Waals surface area contributed by atoms with Crippen LogP contribution in [0.25, 0.3) is 0 Å². The smallest absolute Gasteiger partial charge is 0.250 e. The Morgan fingerprint density at radius 2 is 2.17 bits per heavy atom. The van der Waals surface area contributed by atoms with Crippen LogP contribution in [0.2, 0.25) is 0 Å². The number of nitrogens with two attached hydrogens (primary N) is 2. The number of benzene rings is 1. The second-order valence-corrected chi connectivity index (χ2v) is 4.88. The van der Waals surface area contributed by atoms with Crippen molar-refractivity contribution in [2.75, 3.05) is 17.2 Å². The van der Waals surface area contributed by atoms with E-state index < -0.39 is 5.91 Å². The summed E-state index contributed by atoms with van der Waals surface area (Å²) in [5.74, 6) is -0.458. The van der Waals surface area contributed by atoms with E-state index in [2.05, 4.69) is 11.8 Å². The number of rotatable bonds is 6. The number of primary amides is 1. The molecule has 18 heavy (non-hydrogen) atoms. The number of unbranched alkanes of at least 4 members (excludes halogenated alkanes) is 1. The van der Waals surface area contributed by atoms with E-state index in [0.717, 1.165) is 25.1 Å². The molecule has 4 heteroatoms. The molecule has 2 rings (SSSR count). The van der Waals surface area contributed by atoms with E-state index in [4.69, 9.17) is 11.5 Å². The standard InChI is InChI=1S/C14H21N3O/c1-2-3-9-17(10-7-8-10)12-6-4-5-11(13(12)15)14(16)18/h4-6,10H,2-3,7-9,15H2,1H3,(H2,16,18). The fraction of sp³-hybridized carbons (Fsp3) is 0.500. The van der Waals surface area contributed by atoms with Gasteiger partial charge in [-0.2, -0.15) is 0 Å². The minimum Gasteiger partial charge on any atom is -0.396 e. The summed E-state index contributed by atoms with van der Waals surface area (Å²) in [5.41, 5.74) is 13.3. The lowest BCUT2D eigenvalue weighted by molar-refractivity contribution is 0.100. The van der Waals surface area contributed by atoms with Gasteiger partial charge in [-0.05, 0) is 31.4 Å². The molecule has 0 radical (unpaired) electrons. The van der Waals surface area contributed by atoms with E-state index in [0.29, 0.717) is 17.3 Å². The topological polar surface area (TPSA) is 72.3 Å². The van der Waals surface area contributed by atoms with Crippen LogP contribution in [0.1, 0.15) is 43.0 Å². The lowest BCUT2D eigenvalue weighted by Gasteiger charge is -2.26. The second kappa shape index (κ2) is 5.29. The number of nitrogen functional groups attached to an aromatic ring is 1. The van der Waals surface area contributed by atoms with Crippen LogP contribution in [0.5, 0.6) is 0 Å². The van der Waals surface area contributed by atoms with Crippen LogP contribution < -0.4 is 16.4 Å². The fourth-order valence-electron chi connectivity index (χ4n) is 2.23. The largest absolute Gasteiger partial charge is 0.396 e. The molecule has 4 N–H and O–H groups in total. The first-order chi connectivity index (χ1) is 8.65. The molecule has 4 nitrogen and oxygen atoms in total. The van der Waals surface area contributed by atoms with Gasteiger partial charge in [-0.3, -0.25) is 4.79 Å². The molecule has 1 saturated carbocycles. The molecule has 1 aromatic rings. The number of nitrogens with zero attached hydrogens (tertiary/aromatic N) is 1. The molecule has 1 aliphatic carbocycles. The van der Waals surface area contributed by atoms with Crippen molar-refractivity contribution in [2.45, 2.75) is 38.6 Å². The normalized spacial score (nSPS) is 14.5. The summed E-state index contributed by atoms with van der Waals surface area (Å²) in [6, 6.07) is 6.11. The highest BCUT2D eigenvalue weighted by atomic mass is 16.1. The van der Waals surface area contributed by atoms with Crippen LogP contribution in [0, 0.1) is 0 Å². The highest BCUT2D eigenvalue weighted by molar-refractivity contribution is 6.00. The van der Waals surface area contributed by atoms with Gasteiger partial charge in [0.25, 0.3) is 5.91 Å². The quantitative estimate of drug-likeness (QED) is 0.756. The molecule has 0 unspecified atom stereocenters. The predicted octanol–water partition coefficient (Wildman–Crippen LogP) is 2.14. The van der Waals surface area contributed by atoms with Crippen molar-refractivity contribution in [1.82, 2.24) is 0 Å². The monoisotopic (exact) mass is 247 g/mol. The Hall–Kier alpha value is -1.71. The number of carbonyl (C=O) groups is 1. The highest BCUT2D eigenvalue weighted by Crippen LogP contribution is 2.36. The minimum absolute atomic E-state index is 0.426. The number of carbonyl (C=O) groups excluding carboxylic acids is 1. The van der Waals surface area contributed by atoms with Crippen molar-refractivity contribution < 1.29 is 4.79 Å². The van der Waals surface area contributed by atoms with E-state index in [1.54, 1.807) is 6.07 Å². The molecule has 1 fully saturated rings. The summed E-state index contributed by atoms with van der Waals surface area (Å²) in [6.07, 6.45) is 4.71. The third kappa shape index (κ3) is 2.58. The molecule has 0 saturated heterocycles. The first-order valence-corrected chi connectivity index (χ1v) is 6.60. The summed E-state index contributed by atoms with van der Waals surface area (Å²) >= 11 is 0. The Morgan fingerprint density at radius 3 is 2.72 bits per heavy atom. The number of anilines is 2. The first-order valence-electron chi connectivity index (χ1n) is 6.60. The van der Waals surface area contributed by atoms with Gasteiger partial charge in [-0.25, -0.2) is 0 Å². The molecule has 1 amide bonds. The molecule has 1 aliphatic rings. The van der Waals surface area contributed by atoms with E-state index >= 15 is 0 Å². The summed E-state index contributed by atoms with van der Waals surface area (Å²) in [7, 11) is 0. The average molecular weight is 247 g/mol. The molecule has 0 aliphatic heterocycles. The zero-order valence-electron chi connectivity index (χ0n) is 10.9. The summed E-state index contributed by atoms with van der Waals surface area (Å²) in [5, 5.41) is 0. The number of hydrogen-bond acceptors (Lipinski definition) is 3. The summed E-state index contributed by atoms with van der Waals surface area (Å²) in [6.45, 7) is 3.17. The van der Waals surface area contributed by atoms with Crippen molar-refractivity contribution in [2.24, 2.45) is 5.73 Å². The Morgan fingerprint density at radius 1 is 1.44 bits per heavy atom. The Balaban J connectivity index is 2.29. The highest BCUT2D eigenvalue weighted by Gasteiger charge is 2.30. The van der Waals surface area contributed by atoms with Gasteiger partial charge in [0.2, 0.25) is 0 Å². The number of amides is 1. The summed E-state index contributed by atoms with van der Waals surface area (Å²) in [4.78, 5) is 13.6. The molecule has 0 heterocycles. The maximum atomic E-state index is 11.3. The SMILES string of the molecule is CCCCN(c1cccc(C(N)=O)c1N)C1CC1. The van der Waals surface area contributed by atoms with Gasteiger partial charge in [-0.1, -0.05) is 19.4 Å². The van der Waals surface area contributed by atoms with Crippen LogP contribution in [-0.4, -0.2) is 18.5 Å². The van der Waals surface area contributed by atoms with Gasteiger partial charge in [-0.15, -0.1) is 0 Å². The number of para-hydroxylation sites is 1. The lowest BCUT2D eigenvalue weighted by atomic mass is 10.1. The van der Waals surface area contributed by atoms with Crippen LogP contribution in [0.15, 0.2) is 18.2 Å². The fourth-order valence-corrected chi connectivity index (χ4v) is 2.23.